The Kier molecular flexibility index (Phi) is 3.59. The molecule has 0 radical (unpaired) electrons. The van der Waals surface area contributed by atoms with Crippen LogP contribution in [0.25, 0.3) is 0 Å². The topological polar surface area (TPSA) is 52.6 Å². The van der Waals surface area contributed by atoms with Crippen molar-refractivity contribution in [1.29, 1.82) is 0 Å². The average Bonchev–Trinajstić information content (AvgIpc) is 1.98. The van der Waals surface area contributed by atoms with Crippen LogP contribution < -0.4 is 0 Å². The second kappa shape index (κ2) is 3.86. The Morgan fingerprint density at radius 3 is 2.08 bits per heavy atom. The minimum absolute atomic E-state index is 0.725. The van der Waals surface area contributed by atoms with E-state index in [4.69, 9.17) is 0 Å². The van der Waals surface area contributed by atoms with Crippen molar-refractivity contribution in [3.8, 4) is 0 Å². The highest BCUT2D eigenvalue weighted by molar-refractivity contribution is 7.87. The highest BCUT2D eigenvalue weighted by Gasteiger charge is 2.49. The van der Waals surface area contributed by atoms with Gasteiger partial charge in [0.2, 0.25) is 0 Å². The Hall–Kier alpha value is -0.920. The summed E-state index contributed by atoms with van der Waals surface area (Å²) in [5.74, 6) is -0.725. The molecule has 0 heterocycles. The number of allylic oxidation sites excluding steroid dienone is 1. The lowest BCUT2D eigenvalue weighted by atomic mass is 10.7. The smallest absolute Gasteiger partial charge is 0.468 e. The predicted molar refractivity (Wildman–Crippen MR) is 36.8 cm³/mol. The summed E-state index contributed by atoms with van der Waals surface area (Å²) < 4.78 is 63.4. The van der Waals surface area contributed by atoms with Gasteiger partial charge in [0.05, 0.1) is 7.11 Å². The lowest BCUT2D eigenvalue weighted by Crippen LogP contribution is -2.25. The van der Waals surface area contributed by atoms with Crippen LogP contribution in [0.15, 0.2) is 12.0 Å². The zero-order valence-corrected chi connectivity index (χ0v) is 7.57. The van der Waals surface area contributed by atoms with Gasteiger partial charge in [-0.1, -0.05) is 0 Å². The molecule has 0 saturated carbocycles. The molecule has 0 rings (SSSR count). The molecule has 0 bridgehead atoms. The van der Waals surface area contributed by atoms with Crippen LogP contribution in [0.2, 0.25) is 0 Å². The molecule has 0 N–H and O–H groups in total. The van der Waals surface area contributed by atoms with Gasteiger partial charge in [-0.15, -0.1) is 0 Å². The van der Waals surface area contributed by atoms with Crippen LogP contribution in [0.5, 0.6) is 0 Å². The maximum absolute atomic E-state index is 11.7. The van der Waals surface area contributed by atoms with Gasteiger partial charge in [-0.3, -0.25) is 0 Å². The van der Waals surface area contributed by atoms with Gasteiger partial charge in [0, 0.05) is 0 Å². The SMILES string of the molecule is C/C=C(\OC)OS(=O)(=O)C(F)(F)F. The van der Waals surface area contributed by atoms with E-state index in [1.165, 1.54) is 6.92 Å². The molecule has 0 aliphatic carbocycles. The highest BCUT2D eigenvalue weighted by Crippen LogP contribution is 2.26. The van der Waals surface area contributed by atoms with Crippen molar-refractivity contribution in [1.82, 2.24) is 0 Å². The van der Waals surface area contributed by atoms with E-state index in [0.29, 0.717) is 0 Å². The monoisotopic (exact) mass is 220 g/mol. The summed E-state index contributed by atoms with van der Waals surface area (Å²) in [5.41, 5.74) is -5.44. The minimum atomic E-state index is -5.61. The molecule has 0 unspecified atom stereocenters. The first-order valence-corrected chi connectivity index (χ1v) is 4.36. The Bertz CT molecular complexity index is 289. The quantitative estimate of drug-likeness (QED) is 0.409. The molecular formula is C5H7F3O4S. The first kappa shape index (κ1) is 12.1. The number of ether oxygens (including phenoxy) is 1. The van der Waals surface area contributed by atoms with Crippen molar-refractivity contribution in [2.45, 2.75) is 12.4 Å². The summed E-state index contributed by atoms with van der Waals surface area (Å²) in [7, 11) is -4.63. The third kappa shape index (κ3) is 3.13. The largest absolute Gasteiger partial charge is 0.534 e. The van der Waals surface area contributed by atoms with Gasteiger partial charge in [0.1, 0.15) is 0 Å². The molecule has 0 aromatic heterocycles. The van der Waals surface area contributed by atoms with E-state index in [0.717, 1.165) is 13.2 Å². The molecule has 0 aromatic carbocycles. The third-order valence-corrected chi connectivity index (χ3v) is 1.86. The van der Waals surface area contributed by atoms with Crippen molar-refractivity contribution in [3.05, 3.63) is 12.0 Å². The van der Waals surface area contributed by atoms with Gasteiger partial charge in [0.25, 0.3) is 5.95 Å². The maximum atomic E-state index is 11.7. The van der Waals surface area contributed by atoms with E-state index in [1.807, 2.05) is 0 Å². The fraction of sp³-hybridized carbons (Fsp3) is 0.600. The standard InChI is InChI=1S/C5H7F3O4S/c1-3-4(11-2)12-13(9,10)5(6,7)8/h3H,1-2H3/b4-3+. The van der Waals surface area contributed by atoms with Crippen LogP contribution in [0, 0.1) is 0 Å². The van der Waals surface area contributed by atoms with Crippen LogP contribution >= 0.6 is 0 Å². The van der Waals surface area contributed by atoms with E-state index in [1.54, 1.807) is 0 Å². The third-order valence-electron chi connectivity index (χ3n) is 0.912. The maximum Gasteiger partial charge on any atom is 0.534 e. The van der Waals surface area contributed by atoms with Gasteiger partial charge in [-0.25, -0.2) is 0 Å². The number of alkyl halides is 3. The van der Waals surface area contributed by atoms with E-state index >= 15 is 0 Å². The van der Waals surface area contributed by atoms with Gasteiger partial charge < -0.3 is 8.92 Å². The van der Waals surface area contributed by atoms with E-state index in [2.05, 4.69) is 8.92 Å². The first-order valence-electron chi connectivity index (χ1n) is 2.95. The van der Waals surface area contributed by atoms with Crippen LogP contribution in [0.4, 0.5) is 13.2 Å². The lowest BCUT2D eigenvalue weighted by molar-refractivity contribution is -0.0553. The molecule has 78 valence electrons. The Balaban J connectivity index is 4.73. The minimum Gasteiger partial charge on any atom is -0.468 e. The number of methoxy groups -OCH3 is 1. The summed E-state index contributed by atoms with van der Waals surface area (Å²) >= 11 is 0. The molecule has 8 heteroatoms. The van der Waals surface area contributed by atoms with Crippen molar-refractivity contribution in [3.63, 3.8) is 0 Å². The molecule has 0 fully saturated rings. The highest BCUT2D eigenvalue weighted by atomic mass is 32.2. The van der Waals surface area contributed by atoms with Gasteiger partial charge >= 0.3 is 15.6 Å². The Morgan fingerprint density at radius 1 is 1.38 bits per heavy atom. The van der Waals surface area contributed by atoms with E-state index < -0.39 is 21.6 Å². The Labute approximate surface area is 73.1 Å². The van der Waals surface area contributed by atoms with Gasteiger partial charge in [0.15, 0.2) is 0 Å². The lowest BCUT2D eigenvalue weighted by Gasteiger charge is -2.09. The summed E-state index contributed by atoms with van der Waals surface area (Å²) in [5, 5.41) is 0. The first-order chi connectivity index (χ1) is 5.74. The predicted octanol–water partition coefficient (Wildman–Crippen LogP) is 1.36. The summed E-state index contributed by atoms with van der Waals surface area (Å²) in [6.07, 6.45) is 0.948. The zero-order chi connectivity index (χ0) is 10.7. The fourth-order valence-corrected chi connectivity index (χ4v) is 0.830. The molecule has 0 atom stereocenters. The van der Waals surface area contributed by atoms with E-state index in [9.17, 15) is 21.6 Å². The van der Waals surface area contributed by atoms with Crippen molar-refractivity contribution in [2.75, 3.05) is 7.11 Å². The number of hydrogen-bond donors (Lipinski definition) is 0. The van der Waals surface area contributed by atoms with Crippen molar-refractivity contribution >= 4 is 10.1 Å². The molecule has 0 aliphatic heterocycles. The number of rotatable bonds is 3. The molecule has 0 spiro atoms. The number of halogens is 3. The number of hydrogen-bond acceptors (Lipinski definition) is 4. The van der Waals surface area contributed by atoms with Crippen LogP contribution in [-0.2, 0) is 19.0 Å². The molecule has 0 amide bonds. The summed E-state index contributed by atoms with van der Waals surface area (Å²) in [4.78, 5) is 0. The van der Waals surface area contributed by atoms with Gasteiger partial charge in [-0.2, -0.15) is 21.6 Å². The second-order valence-corrected chi connectivity index (χ2v) is 3.33. The van der Waals surface area contributed by atoms with Crippen molar-refractivity contribution < 1.29 is 30.5 Å². The van der Waals surface area contributed by atoms with E-state index in [-0.39, 0.29) is 0 Å². The van der Waals surface area contributed by atoms with Crippen LogP contribution in [0.1, 0.15) is 6.92 Å². The molecule has 0 aromatic rings. The second-order valence-electron chi connectivity index (χ2n) is 1.80. The normalized spacial score (nSPS) is 14.1. The summed E-state index contributed by atoms with van der Waals surface area (Å²) in [6, 6.07) is 0. The average molecular weight is 220 g/mol. The Morgan fingerprint density at radius 2 is 1.85 bits per heavy atom. The van der Waals surface area contributed by atoms with Crippen LogP contribution in [-0.4, -0.2) is 21.0 Å². The molecule has 13 heavy (non-hydrogen) atoms. The molecule has 4 nitrogen and oxygen atoms in total. The molecule has 0 saturated heterocycles. The van der Waals surface area contributed by atoms with Crippen LogP contribution in [0.3, 0.4) is 0 Å². The summed E-state index contributed by atoms with van der Waals surface area (Å²) in [6.45, 7) is 1.27. The van der Waals surface area contributed by atoms with Crippen molar-refractivity contribution in [2.24, 2.45) is 0 Å². The molecule has 0 aliphatic rings. The zero-order valence-electron chi connectivity index (χ0n) is 6.75. The molecular weight excluding hydrogens is 213 g/mol. The van der Waals surface area contributed by atoms with Gasteiger partial charge in [-0.05, 0) is 13.0 Å². The fourth-order valence-electron chi connectivity index (χ4n) is 0.355.